The van der Waals surface area contributed by atoms with Crippen LogP contribution in [0.1, 0.15) is 23.0 Å². The van der Waals surface area contributed by atoms with Crippen molar-refractivity contribution in [2.75, 3.05) is 7.05 Å². The van der Waals surface area contributed by atoms with Gasteiger partial charge in [0.05, 0.1) is 11.6 Å². The lowest BCUT2D eigenvalue weighted by Gasteiger charge is -2.15. The molecule has 1 aromatic carbocycles. The van der Waals surface area contributed by atoms with Crippen molar-refractivity contribution in [2.45, 2.75) is 18.6 Å². The number of hydrogen-bond acceptors (Lipinski definition) is 2. The number of alkyl halides is 3. The number of likely N-dealkylation sites (N-methyl/N-ethyl adjacent to an activating group) is 1. The molecule has 1 unspecified atom stereocenters. The lowest BCUT2D eigenvalue weighted by atomic mass is 10.0. The van der Waals surface area contributed by atoms with Crippen molar-refractivity contribution in [3.8, 4) is 0 Å². The van der Waals surface area contributed by atoms with Crippen LogP contribution in [0.5, 0.6) is 0 Å². The fourth-order valence-electron chi connectivity index (χ4n) is 1.91. The largest absolute Gasteiger partial charge is 0.416 e. The molecule has 0 aliphatic rings. The molecular formula is C13H14F3N3. The number of halogens is 3. The van der Waals surface area contributed by atoms with Gasteiger partial charge in [0, 0.05) is 12.4 Å². The van der Waals surface area contributed by atoms with Crippen molar-refractivity contribution in [3.63, 3.8) is 0 Å². The van der Waals surface area contributed by atoms with Crippen molar-refractivity contribution in [2.24, 2.45) is 0 Å². The Balaban J connectivity index is 2.19. The van der Waals surface area contributed by atoms with Crippen molar-refractivity contribution < 1.29 is 13.2 Å². The van der Waals surface area contributed by atoms with E-state index in [0.717, 1.165) is 6.07 Å². The van der Waals surface area contributed by atoms with E-state index < -0.39 is 11.7 Å². The first-order valence-corrected chi connectivity index (χ1v) is 5.83. The Kier molecular flexibility index (Phi) is 3.90. The molecular weight excluding hydrogens is 255 g/mol. The smallest absolute Gasteiger partial charge is 0.347 e. The summed E-state index contributed by atoms with van der Waals surface area (Å²) in [4.78, 5) is 7.07. The number of hydrogen-bond donors (Lipinski definition) is 2. The normalized spacial score (nSPS) is 13.5. The fraction of sp³-hybridized carbons (Fsp3) is 0.308. The SMILES string of the molecule is CNC(Cc1cccc(C(F)(F)F)c1)c1ncc[nH]1. The number of rotatable bonds is 4. The molecule has 102 valence electrons. The Morgan fingerprint density at radius 3 is 2.74 bits per heavy atom. The summed E-state index contributed by atoms with van der Waals surface area (Å²) in [6.45, 7) is 0. The first-order chi connectivity index (χ1) is 9.00. The van der Waals surface area contributed by atoms with E-state index in [2.05, 4.69) is 15.3 Å². The van der Waals surface area contributed by atoms with Gasteiger partial charge in [0.25, 0.3) is 0 Å². The first kappa shape index (κ1) is 13.6. The van der Waals surface area contributed by atoms with Crippen LogP contribution >= 0.6 is 0 Å². The molecule has 1 heterocycles. The van der Waals surface area contributed by atoms with Crippen molar-refractivity contribution in [3.05, 3.63) is 53.6 Å². The third kappa shape index (κ3) is 3.35. The van der Waals surface area contributed by atoms with Gasteiger partial charge < -0.3 is 10.3 Å². The first-order valence-electron chi connectivity index (χ1n) is 5.83. The molecule has 2 rings (SSSR count). The number of benzene rings is 1. The van der Waals surface area contributed by atoms with E-state index in [1.807, 2.05) is 0 Å². The highest BCUT2D eigenvalue weighted by molar-refractivity contribution is 5.26. The van der Waals surface area contributed by atoms with Crippen LogP contribution in [-0.2, 0) is 12.6 Å². The monoisotopic (exact) mass is 269 g/mol. The van der Waals surface area contributed by atoms with E-state index in [0.29, 0.717) is 17.8 Å². The van der Waals surface area contributed by atoms with Gasteiger partial charge in [0.1, 0.15) is 5.82 Å². The highest BCUT2D eigenvalue weighted by Crippen LogP contribution is 2.30. The second-order valence-corrected chi connectivity index (χ2v) is 4.22. The molecule has 2 aromatic rings. The standard InChI is InChI=1S/C13H14F3N3/c1-17-11(12-18-5-6-19-12)8-9-3-2-4-10(7-9)13(14,15)16/h2-7,11,17H,8H2,1H3,(H,18,19). The lowest BCUT2D eigenvalue weighted by molar-refractivity contribution is -0.137. The maximum absolute atomic E-state index is 12.6. The Bertz CT molecular complexity index is 520. The van der Waals surface area contributed by atoms with Crippen LogP contribution in [0.4, 0.5) is 13.2 Å². The molecule has 6 heteroatoms. The summed E-state index contributed by atoms with van der Waals surface area (Å²) >= 11 is 0. The summed E-state index contributed by atoms with van der Waals surface area (Å²) in [6, 6.07) is 5.21. The summed E-state index contributed by atoms with van der Waals surface area (Å²) in [5.74, 6) is 0.708. The van der Waals surface area contributed by atoms with Gasteiger partial charge in [-0.25, -0.2) is 4.98 Å². The van der Waals surface area contributed by atoms with Gasteiger partial charge in [0.15, 0.2) is 0 Å². The second kappa shape index (κ2) is 5.44. The van der Waals surface area contributed by atoms with Crippen LogP contribution in [0.25, 0.3) is 0 Å². The van der Waals surface area contributed by atoms with E-state index >= 15 is 0 Å². The van der Waals surface area contributed by atoms with E-state index in [9.17, 15) is 13.2 Å². The number of H-pyrrole nitrogens is 1. The minimum Gasteiger partial charge on any atom is -0.347 e. The fourth-order valence-corrected chi connectivity index (χ4v) is 1.91. The van der Waals surface area contributed by atoms with Crippen molar-refractivity contribution in [1.29, 1.82) is 0 Å². The molecule has 0 aliphatic carbocycles. The van der Waals surface area contributed by atoms with Crippen LogP contribution in [0.2, 0.25) is 0 Å². The Hall–Kier alpha value is -1.82. The van der Waals surface area contributed by atoms with E-state index in [1.165, 1.54) is 12.1 Å². The van der Waals surface area contributed by atoms with Crippen LogP contribution in [0.15, 0.2) is 36.7 Å². The highest BCUT2D eigenvalue weighted by atomic mass is 19.4. The Labute approximate surface area is 108 Å². The number of imidazole rings is 1. The van der Waals surface area contributed by atoms with Gasteiger partial charge in [-0.1, -0.05) is 18.2 Å². The quantitative estimate of drug-likeness (QED) is 0.896. The number of nitrogens with one attached hydrogen (secondary N) is 2. The van der Waals surface area contributed by atoms with E-state index in [-0.39, 0.29) is 6.04 Å². The van der Waals surface area contributed by atoms with Crippen LogP contribution < -0.4 is 5.32 Å². The van der Waals surface area contributed by atoms with E-state index in [1.54, 1.807) is 25.5 Å². The minimum atomic E-state index is -4.31. The predicted molar refractivity (Wildman–Crippen MR) is 65.5 cm³/mol. The van der Waals surface area contributed by atoms with E-state index in [4.69, 9.17) is 0 Å². The van der Waals surface area contributed by atoms with Crippen molar-refractivity contribution in [1.82, 2.24) is 15.3 Å². The van der Waals surface area contributed by atoms with Gasteiger partial charge in [-0.15, -0.1) is 0 Å². The summed E-state index contributed by atoms with van der Waals surface area (Å²) in [7, 11) is 1.75. The third-order valence-electron chi connectivity index (χ3n) is 2.89. The zero-order valence-electron chi connectivity index (χ0n) is 10.3. The topological polar surface area (TPSA) is 40.7 Å². The van der Waals surface area contributed by atoms with Gasteiger partial charge in [-0.05, 0) is 25.1 Å². The molecule has 0 amide bonds. The molecule has 0 fully saturated rings. The molecule has 0 spiro atoms. The number of aromatic amines is 1. The molecule has 0 radical (unpaired) electrons. The molecule has 0 saturated carbocycles. The van der Waals surface area contributed by atoms with Crippen LogP contribution in [0, 0.1) is 0 Å². The lowest BCUT2D eigenvalue weighted by Crippen LogP contribution is -2.20. The summed E-state index contributed by atoms with van der Waals surface area (Å²) in [5, 5.41) is 3.04. The zero-order chi connectivity index (χ0) is 13.9. The van der Waals surface area contributed by atoms with Crippen molar-refractivity contribution >= 4 is 0 Å². The van der Waals surface area contributed by atoms with Gasteiger partial charge >= 0.3 is 6.18 Å². The zero-order valence-corrected chi connectivity index (χ0v) is 10.3. The molecule has 0 saturated heterocycles. The molecule has 3 nitrogen and oxygen atoms in total. The Morgan fingerprint density at radius 1 is 1.37 bits per heavy atom. The number of aromatic nitrogens is 2. The molecule has 1 atom stereocenters. The van der Waals surface area contributed by atoms with Crippen LogP contribution in [-0.4, -0.2) is 17.0 Å². The molecule has 2 N–H and O–H groups in total. The average molecular weight is 269 g/mol. The van der Waals surface area contributed by atoms with Crippen LogP contribution in [0.3, 0.4) is 0 Å². The number of nitrogens with zero attached hydrogens (tertiary/aromatic N) is 1. The maximum Gasteiger partial charge on any atom is 0.416 e. The highest BCUT2D eigenvalue weighted by Gasteiger charge is 2.30. The average Bonchev–Trinajstić information content (AvgIpc) is 2.89. The Morgan fingerprint density at radius 2 is 2.16 bits per heavy atom. The second-order valence-electron chi connectivity index (χ2n) is 4.22. The summed E-state index contributed by atoms with van der Waals surface area (Å²) in [6.07, 6.45) is -0.568. The maximum atomic E-state index is 12.6. The third-order valence-corrected chi connectivity index (χ3v) is 2.89. The van der Waals surface area contributed by atoms with Gasteiger partial charge in [-0.2, -0.15) is 13.2 Å². The van der Waals surface area contributed by atoms with Gasteiger partial charge in [-0.3, -0.25) is 0 Å². The molecule has 0 bridgehead atoms. The van der Waals surface area contributed by atoms with Gasteiger partial charge in [0.2, 0.25) is 0 Å². The minimum absolute atomic E-state index is 0.140. The molecule has 19 heavy (non-hydrogen) atoms. The summed E-state index contributed by atoms with van der Waals surface area (Å²) in [5.41, 5.74) is -0.00938. The molecule has 0 aliphatic heterocycles. The molecule has 1 aromatic heterocycles. The summed E-state index contributed by atoms with van der Waals surface area (Å²) < 4.78 is 37.9. The predicted octanol–water partition coefficient (Wildman–Crippen LogP) is 2.93.